The monoisotopic (exact) mass is 262 g/mol. The van der Waals surface area contributed by atoms with Gasteiger partial charge in [0, 0.05) is 13.1 Å². The van der Waals surface area contributed by atoms with E-state index in [1.165, 1.54) is 19.5 Å². The van der Waals surface area contributed by atoms with Crippen molar-refractivity contribution in [3.63, 3.8) is 0 Å². The molecule has 0 aliphatic carbocycles. The third-order valence-corrected chi connectivity index (χ3v) is 4.05. The standard InChI is InChI=1S/C16H26N2O/c1-13(2)14-8-10-18(12-14)9-5-11-19-16-7-4-3-6-15(16)17/h3-4,6-7,13-14H,5,8-12,17H2,1-2H3. The molecule has 1 atom stereocenters. The Labute approximate surface area is 116 Å². The van der Waals surface area contributed by atoms with Crippen LogP contribution in [0.5, 0.6) is 5.75 Å². The van der Waals surface area contributed by atoms with Gasteiger partial charge in [0.2, 0.25) is 0 Å². The van der Waals surface area contributed by atoms with Crippen LogP contribution in [-0.2, 0) is 0 Å². The van der Waals surface area contributed by atoms with Crippen molar-refractivity contribution in [2.75, 3.05) is 32.0 Å². The molecule has 0 bridgehead atoms. The number of benzene rings is 1. The number of likely N-dealkylation sites (tertiary alicyclic amines) is 1. The van der Waals surface area contributed by atoms with Gasteiger partial charge in [-0.15, -0.1) is 0 Å². The zero-order valence-corrected chi connectivity index (χ0v) is 12.1. The fourth-order valence-corrected chi connectivity index (χ4v) is 2.69. The van der Waals surface area contributed by atoms with Gasteiger partial charge < -0.3 is 15.4 Å². The zero-order chi connectivity index (χ0) is 13.7. The summed E-state index contributed by atoms with van der Waals surface area (Å²) in [4.78, 5) is 2.56. The van der Waals surface area contributed by atoms with E-state index in [1.807, 2.05) is 24.3 Å². The van der Waals surface area contributed by atoms with Crippen molar-refractivity contribution in [3.05, 3.63) is 24.3 Å². The second-order valence-corrected chi connectivity index (χ2v) is 5.83. The first-order valence-corrected chi connectivity index (χ1v) is 7.36. The summed E-state index contributed by atoms with van der Waals surface area (Å²) in [5, 5.41) is 0. The summed E-state index contributed by atoms with van der Waals surface area (Å²) in [6.07, 6.45) is 2.42. The van der Waals surface area contributed by atoms with Crippen LogP contribution < -0.4 is 10.5 Å². The van der Waals surface area contributed by atoms with E-state index >= 15 is 0 Å². The summed E-state index contributed by atoms with van der Waals surface area (Å²) >= 11 is 0. The highest BCUT2D eigenvalue weighted by atomic mass is 16.5. The van der Waals surface area contributed by atoms with Gasteiger partial charge >= 0.3 is 0 Å². The summed E-state index contributed by atoms with van der Waals surface area (Å²) in [5.41, 5.74) is 6.57. The summed E-state index contributed by atoms with van der Waals surface area (Å²) < 4.78 is 5.72. The van der Waals surface area contributed by atoms with Crippen LogP contribution in [0.4, 0.5) is 5.69 Å². The Bertz CT molecular complexity index is 392. The van der Waals surface area contributed by atoms with Crippen LogP contribution in [0.25, 0.3) is 0 Å². The largest absolute Gasteiger partial charge is 0.491 e. The lowest BCUT2D eigenvalue weighted by atomic mass is 9.95. The van der Waals surface area contributed by atoms with Gasteiger partial charge in [0.25, 0.3) is 0 Å². The lowest BCUT2D eigenvalue weighted by Crippen LogP contribution is -2.24. The lowest BCUT2D eigenvalue weighted by molar-refractivity contribution is 0.253. The highest BCUT2D eigenvalue weighted by molar-refractivity contribution is 5.51. The Morgan fingerprint density at radius 1 is 1.37 bits per heavy atom. The minimum absolute atomic E-state index is 0.726. The first kappa shape index (κ1) is 14.2. The smallest absolute Gasteiger partial charge is 0.142 e. The maximum atomic E-state index is 5.84. The van der Waals surface area contributed by atoms with Gasteiger partial charge in [-0.1, -0.05) is 26.0 Å². The van der Waals surface area contributed by atoms with Crippen LogP contribution in [-0.4, -0.2) is 31.1 Å². The van der Waals surface area contributed by atoms with Gasteiger partial charge in [0.15, 0.2) is 0 Å². The minimum Gasteiger partial charge on any atom is -0.491 e. The fourth-order valence-electron chi connectivity index (χ4n) is 2.69. The molecule has 19 heavy (non-hydrogen) atoms. The normalized spacial score (nSPS) is 20.1. The second-order valence-electron chi connectivity index (χ2n) is 5.83. The number of hydrogen-bond donors (Lipinski definition) is 1. The second kappa shape index (κ2) is 6.80. The molecule has 1 saturated heterocycles. The first-order valence-electron chi connectivity index (χ1n) is 7.36. The number of anilines is 1. The van der Waals surface area contributed by atoms with Crippen LogP contribution in [0.2, 0.25) is 0 Å². The van der Waals surface area contributed by atoms with E-state index in [4.69, 9.17) is 10.5 Å². The number of nitrogens with zero attached hydrogens (tertiary/aromatic N) is 1. The van der Waals surface area contributed by atoms with Crippen molar-refractivity contribution in [1.29, 1.82) is 0 Å². The zero-order valence-electron chi connectivity index (χ0n) is 12.1. The summed E-state index contributed by atoms with van der Waals surface area (Å²) in [7, 11) is 0. The lowest BCUT2D eigenvalue weighted by Gasteiger charge is -2.18. The molecule has 3 nitrogen and oxygen atoms in total. The van der Waals surface area contributed by atoms with Crippen molar-refractivity contribution in [3.8, 4) is 5.75 Å². The summed E-state index contributed by atoms with van der Waals surface area (Å²) in [6.45, 7) is 9.04. The minimum atomic E-state index is 0.726. The van der Waals surface area contributed by atoms with Gasteiger partial charge in [0.05, 0.1) is 12.3 Å². The number of hydrogen-bond acceptors (Lipinski definition) is 3. The third-order valence-electron chi connectivity index (χ3n) is 4.05. The molecule has 0 spiro atoms. The van der Waals surface area contributed by atoms with Crippen LogP contribution in [0, 0.1) is 11.8 Å². The summed E-state index contributed by atoms with van der Waals surface area (Å²) in [5.74, 6) is 2.50. The maximum Gasteiger partial charge on any atom is 0.142 e. The van der Waals surface area contributed by atoms with E-state index in [-0.39, 0.29) is 0 Å². The average molecular weight is 262 g/mol. The first-order chi connectivity index (χ1) is 9.16. The van der Waals surface area contributed by atoms with Crippen LogP contribution in [0.15, 0.2) is 24.3 Å². The highest BCUT2D eigenvalue weighted by Gasteiger charge is 2.24. The Hall–Kier alpha value is -1.22. The quantitative estimate of drug-likeness (QED) is 0.632. The van der Waals surface area contributed by atoms with E-state index in [1.54, 1.807) is 0 Å². The number of nitrogen functional groups attached to an aromatic ring is 1. The SMILES string of the molecule is CC(C)C1CCN(CCCOc2ccccc2N)C1. The molecule has 2 rings (SSSR count). The molecule has 106 valence electrons. The molecule has 1 aliphatic heterocycles. The number of ether oxygens (including phenoxy) is 1. The van der Waals surface area contributed by atoms with E-state index in [0.717, 1.165) is 42.8 Å². The number of para-hydroxylation sites is 2. The molecule has 0 saturated carbocycles. The molecule has 0 radical (unpaired) electrons. The van der Waals surface area contributed by atoms with Crippen molar-refractivity contribution in [2.45, 2.75) is 26.7 Å². The average Bonchev–Trinajstić information content (AvgIpc) is 2.85. The summed E-state index contributed by atoms with van der Waals surface area (Å²) in [6, 6.07) is 7.70. The number of nitrogens with two attached hydrogens (primary N) is 1. The van der Waals surface area contributed by atoms with Gasteiger partial charge in [-0.05, 0) is 43.4 Å². The van der Waals surface area contributed by atoms with Crippen molar-refractivity contribution in [2.24, 2.45) is 11.8 Å². The Morgan fingerprint density at radius 3 is 2.84 bits per heavy atom. The molecular weight excluding hydrogens is 236 g/mol. The third kappa shape index (κ3) is 4.13. The predicted molar refractivity (Wildman–Crippen MR) is 80.4 cm³/mol. The molecule has 1 fully saturated rings. The van der Waals surface area contributed by atoms with Gasteiger partial charge in [-0.2, -0.15) is 0 Å². The Kier molecular flexibility index (Phi) is 5.08. The van der Waals surface area contributed by atoms with E-state index in [0.29, 0.717) is 0 Å². The predicted octanol–water partition coefficient (Wildman–Crippen LogP) is 3.02. The van der Waals surface area contributed by atoms with E-state index < -0.39 is 0 Å². The molecule has 1 heterocycles. The van der Waals surface area contributed by atoms with Crippen molar-refractivity contribution >= 4 is 5.69 Å². The maximum absolute atomic E-state index is 5.84. The Balaban J connectivity index is 1.64. The van der Waals surface area contributed by atoms with E-state index in [2.05, 4.69) is 18.7 Å². The molecule has 0 amide bonds. The highest BCUT2D eigenvalue weighted by Crippen LogP contribution is 2.24. The topological polar surface area (TPSA) is 38.5 Å². The Morgan fingerprint density at radius 2 is 2.16 bits per heavy atom. The van der Waals surface area contributed by atoms with Gasteiger partial charge in [0.1, 0.15) is 5.75 Å². The molecule has 3 heteroatoms. The molecule has 1 aromatic rings. The van der Waals surface area contributed by atoms with E-state index in [9.17, 15) is 0 Å². The van der Waals surface area contributed by atoms with Crippen molar-refractivity contribution < 1.29 is 4.74 Å². The van der Waals surface area contributed by atoms with Gasteiger partial charge in [-0.3, -0.25) is 0 Å². The number of rotatable bonds is 6. The molecule has 2 N–H and O–H groups in total. The van der Waals surface area contributed by atoms with Crippen LogP contribution in [0.3, 0.4) is 0 Å². The van der Waals surface area contributed by atoms with Crippen molar-refractivity contribution in [1.82, 2.24) is 4.90 Å². The van der Waals surface area contributed by atoms with Crippen LogP contribution >= 0.6 is 0 Å². The molecule has 0 aromatic heterocycles. The molecule has 1 aromatic carbocycles. The fraction of sp³-hybridized carbons (Fsp3) is 0.625. The molecule has 1 aliphatic rings. The molecule has 1 unspecified atom stereocenters. The van der Waals surface area contributed by atoms with Crippen LogP contribution in [0.1, 0.15) is 26.7 Å². The van der Waals surface area contributed by atoms with Gasteiger partial charge in [-0.25, -0.2) is 0 Å². The molecular formula is C16H26N2O.